The number of rotatable bonds is 11. The molecule has 2 N–H and O–H groups in total. The molecule has 0 aliphatic rings. The van der Waals surface area contributed by atoms with Crippen molar-refractivity contribution in [3.63, 3.8) is 0 Å². The lowest BCUT2D eigenvalue weighted by atomic mass is 10.1. The third kappa shape index (κ3) is 10.1. The molecule has 0 aliphatic heterocycles. The molecular weight excluding hydrogens is 278 g/mol. The van der Waals surface area contributed by atoms with Crippen LogP contribution in [0, 0.1) is 18.8 Å². The molecule has 0 radical (unpaired) electrons. The maximum absolute atomic E-state index is 5.90. The van der Waals surface area contributed by atoms with Gasteiger partial charge in [0.15, 0.2) is 0 Å². The Hall–Kier alpha value is -1.42. The molecule has 0 aliphatic carbocycles. The van der Waals surface area contributed by atoms with Crippen molar-refractivity contribution in [3.8, 4) is 11.8 Å². The van der Waals surface area contributed by atoms with Crippen LogP contribution < -0.4 is 5.73 Å². The first-order valence-electron chi connectivity index (χ1n) is 9.59. The van der Waals surface area contributed by atoms with E-state index in [1.165, 1.54) is 70.6 Å². The standard InChI is InChI=1S/C22H35N/c1-3-4-5-6-7-8-9-10-11-12-13-14-15-16-21-18-17-20(2)22(23)19-21/h17-19H,3-14,23H2,1-2H3. The average molecular weight is 314 g/mol. The summed E-state index contributed by atoms with van der Waals surface area (Å²) in [5.41, 5.74) is 8.90. The van der Waals surface area contributed by atoms with Crippen molar-refractivity contribution in [2.24, 2.45) is 0 Å². The molecule has 0 saturated carbocycles. The second-order valence-electron chi connectivity index (χ2n) is 6.66. The fourth-order valence-corrected chi connectivity index (χ4v) is 2.76. The minimum atomic E-state index is 0.839. The van der Waals surface area contributed by atoms with E-state index in [-0.39, 0.29) is 0 Å². The molecule has 0 atom stereocenters. The number of nitrogens with two attached hydrogens (primary N) is 1. The van der Waals surface area contributed by atoms with Crippen LogP contribution >= 0.6 is 0 Å². The Morgan fingerprint density at radius 2 is 1.39 bits per heavy atom. The average Bonchev–Trinajstić information content (AvgIpc) is 2.55. The molecule has 0 fully saturated rings. The van der Waals surface area contributed by atoms with Gasteiger partial charge in [0.1, 0.15) is 0 Å². The van der Waals surface area contributed by atoms with Crippen LogP contribution in [0.5, 0.6) is 0 Å². The number of hydrogen-bond donors (Lipinski definition) is 1. The van der Waals surface area contributed by atoms with Crippen LogP contribution in [0.2, 0.25) is 0 Å². The topological polar surface area (TPSA) is 26.0 Å². The van der Waals surface area contributed by atoms with Crippen molar-refractivity contribution in [1.82, 2.24) is 0 Å². The Morgan fingerprint density at radius 3 is 1.96 bits per heavy atom. The molecule has 0 heterocycles. The van der Waals surface area contributed by atoms with Gasteiger partial charge in [-0.05, 0) is 31.0 Å². The minimum Gasteiger partial charge on any atom is -0.398 e. The molecule has 23 heavy (non-hydrogen) atoms. The highest BCUT2D eigenvalue weighted by Gasteiger charge is 1.94. The number of anilines is 1. The first-order valence-corrected chi connectivity index (χ1v) is 9.59. The lowest BCUT2D eigenvalue weighted by Crippen LogP contribution is -1.89. The summed E-state index contributed by atoms with van der Waals surface area (Å²) in [5.74, 6) is 6.49. The highest BCUT2D eigenvalue weighted by Crippen LogP contribution is 2.13. The molecule has 1 heteroatoms. The van der Waals surface area contributed by atoms with E-state index in [1.807, 2.05) is 19.1 Å². The second kappa shape index (κ2) is 13.1. The van der Waals surface area contributed by atoms with Gasteiger partial charge in [-0.2, -0.15) is 0 Å². The first kappa shape index (κ1) is 19.6. The summed E-state index contributed by atoms with van der Waals surface area (Å²) < 4.78 is 0. The number of unbranched alkanes of at least 4 members (excludes halogenated alkanes) is 11. The van der Waals surface area contributed by atoms with Crippen LogP contribution in [-0.4, -0.2) is 0 Å². The molecule has 0 saturated heterocycles. The maximum atomic E-state index is 5.90. The molecule has 1 nitrogen and oxygen atoms in total. The van der Waals surface area contributed by atoms with E-state index >= 15 is 0 Å². The number of hydrogen-bond acceptors (Lipinski definition) is 1. The maximum Gasteiger partial charge on any atom is 0.0356 e. The van der Waals surface area contributed by atoms with Gasteiger partial charge in [-0.3, -0.25) is 0 Å². The Labute approximate surface area is 144 Å². The van der Waals surface area contributed by atoms with Gasteiger partial charge >= 0.3 is 0 Å². The minimum absolute atomic E-state index is 0.839. The Balaban J connectivity index is 1.96. The molecule has 0 spiro atoms. The summed E-state index contributed by atoms with van der Waals surface area (Å²) in [5, 5.41) is 0. The Bertz CT molecular complexity index is 478. The van der Waals surface area contributed by atoms with Gasteiger partial charge in [-0.15, -0.1) is 0 Å². The fourth-order valence-electron chi connectivity index (χ4n) is 2.76. The molecule has 1 aromatic carbocycles. The highest BCUT2D eigenvalue weighted by molar-refractivity contribution is 5.52. The summed E-state index contributed by atoms with van der Waals surface area (Å²) in [6.45, 7) is 4.30. The van der Waals surface area contributed by atoms with E-state index in [4.69, 9.17) is 5.73 Å². The van der Waals surface area contributed by atoms with Crippen molar-refractivity contribution >= 4 is 5.69 Å². The molecule has 0 bridgehead atoms. The third-order valence-electron chi connectivity index (χ3n) is 4.42. The van der Waals surface area contributed by atoms with E-state index in [9.17, 15) is 0 Å². The van der Waals surface area contributed by atoms with Crippen molar-refractivity contribution in [2.75, 3.05) is 5.73 Å². The van der Waals surface area contributed by atoms with Gasteiger partial charge in [-0.25, -0.2) is 0 Å². The van der Waals surface area contributed by atoms with E-state index in [2.05, 4.69) is 24.8 Å². The zero-order valence-corrected chi connectivity index (χ0v) is 15.3. The van der Waals surface area contributed by atoms with Crippen LogP contribution in [0.3, 0.4) is 0 Å². The smallest absolute Gasteiger partial charge is 0.0356 e. The zero-order chi connectivity index (χ0) is 16.8. The largest absolute Gasteiger partial charge is 0.398 e. The fraction of sp³-hybridized carbons (Fsp3) is 0.636. The normalized spacial score (nSPS) is 10.3. The van der Waals surface area contributed by atoms with Crippen molar-refractivity contribution < 1.29 is 0 Å². The molecule has 0 unspecified atom stereocenters. The van der Waals surface area contributed by atoms with Gasteiger partial charge in [-0.1, -0.05) is 89.0 Å². The molecule has 1 aromatic rings. The van der Waals surface area contributed by atoms with Crippen molar-refractivity contribution in [2.45, 2.75) is 90.9 Å². The zero-order valence-electron chi connectivity index (χ0n) is 15.3. The molecular formula is C22H35N. The van der Waals surface area contributed by atoms with Gasteiger partial charge in [0.25, 0.3) is 0 Å². The van der Waals surface area contributed by atoms with Crippen LogP contribution in [0.25, 0.3) is 0 Å². The lowest BCUT2D eigenvalue weighted by molar-refractivity contribution is 0.551. The molecule has 0 aromatic heterocycles. The monoisotopic (exact) mass is 313 g/mol. The van der Waals surface area contributed by atoms with Gasteiger partial charge < -0.3 is 5.73 Å². The van der Waals surface area contributed by atoms with Crippen LogP contribution in [0.4, 0.5) is 5.69 Å². The van der Waals surface area contributed by atoms with Crippen LogP contribution in [0.15, 0.2) is 18.2 Å². The van der Waals surface area contributed by atoms with E-state index in [0.29, 0.717) is 0 Å². The molecule has 128 valence electrons. The SMILES string of the molecule is CCCCCCCCCCCCCC#Cc1ccc(C)c(N)c1. The summed E-state index contributed by atoms with van der Waals surface area (Å²) in [6, 6.07) is 6.07. The third-order valence-corrected chi connectivity index (χ3v) is 4.42. The van der Waals surface area contributed by atoms with Crippen molar-refractivity contribution in [3.05, 3.63) is 29.3 Å². The Morgan fingerprint density at radius 1 is 0.826 bits per heavy atom. The number of aryl methyl sites for hydroxylation is 1. The van der Waals surface area contributed by atoms with Gasteiger partial charge in [0.05, 0.1) is 0 Å². The van der Waals surface area contributed by atoms with Gasteiger partial charge in [0.2, 0.25) is 0 Å². The molecule has 1 rings (SSSR count). The quantitative estimate of drug-likeness (QED) is 0.277. The first-order chi connectivity index (χ1) is 11.2. The summed E-state index contributed by atoms with van der Waals surface area (Å²) in [4.78, 5) is 0. The highest BCUT2D eigenvalue weighted by atomic mass is 14.5. The van der Waals surface area contributed by atoms with Crippen LogP contribution in [-0.2, 0) is 0 Å². The van der Waals surface area contributed by atoms with Gasteiger partial charge in [0, 0.05) is 17.7 Å². The summed E-state index contributed by atoms with van der Waals surface area (Å²) in [6.07, 6.45) is 16.2. The number of benzene rings is 1. The van der Waals surface area contributed by atoms with E-state index in [1.54, 1.807) is 0 Å². The van der Waals surface area contributed by atoms with E-state index in [0.717, 1.165) is 23.2 Å². The Kier molecular flexibility index (Phi) is 11.1. The van der Waals surface area contributed by atoms with Crippen molar-refractivity contribution in [1.29, 1.82) is 0 Å². The predicted molar refractivity (Wildman–Crippen MR) is 104 cm³/mol. The van der Waals surface area contributed by atoms with E-state index < -0.39 is 0 Å². The number of nitrogen functional groups attached to an aromatic ring is 1. The lowest BCUT2D eigenvalue weighted by Gasteiger charge is -2.01. The second-order valence-corrected chi connectivity index (χ2v) is 6.66. The summed E-state index contributed by atoms with van der Waals surface area (Å²) >= 11 is 0. The summed E-state index contributed by atoms with van der Waals surface area (Å²) in [7, 11) is 0. The molecule has 0 amide bonds. The predicted octanol–water partition coefficient (Wildman–Crippen LogP) is 6.63. The van der Waals surface area contributed by atoms with Crippen LogP contribution in [0.1, 0.15) is 95.1 Å².